The van der Waals surface area contributed by atoms with Crippen molar-refractivity contribution < 1.29 is 0 Å². The van der Waals surface area contributed by atoms with E-state index in [1.54, 1.807) is 0 Å². The number of anilines is 1. The molecule has 1 aliphatic heterocycles. The molecule has 0 unspecified atom stereocenters. The van der Waals surface area contributed by atoms with Crippen LogP contribution in [-0.4, -0.2) is 69.7 Å². The van der Waals surface area contributed by atoms with Crippen LogP contribution in [0.2, 0.25) is 0 Å². The maximum absolute atomic E-state index is 4.84. The molecular weight excluding hydrogens is 487 g/mol. The molecule has 8 nitrogen and oxygen atoms in total. The minimum absolute atomic E-state index is 0. The van der Waals surface area contributed by atoms with E-state index in [0.29, 0.717) is 0 Å². The summed E-state index contributed by atoms with van der Waals surface area (Å²) in [4.78, 5) is 14.1. The number of aromatic amines is 1. The van der Waals surface area contributed by atoms with Gasteiger partial charge in [-0.05, 0) is 32.3 Å². The Kier molecular flexibility index (Phi) is 9.42. The van der Waals surface area contributed by atoms with Crippen molar-refractivity contribution in [1.82, 2.24) is 29.8 Å². The Morgan fingerprint density at radius 2 is 2.07 bits per heavy atom. The van der Waals surface area contributed by atoms with E-state index in [1.165, 1.54) is 17.1 Å². The summed E-state index contributed by atoms with van der Waals surface area (Å²) in [5, 5.41) is 11.6. The molecule has 28 heavy (non-hydrogen) atoms. The maximum atomic E-state index is 4.84. The molecule has 0 spiro atoms. The molecule has 1 aliphatic rings. The summed E-state index contributed by atoms with van der Waals surface area (Å²) in [6.07, 6.45) is 4.85. The largest absolute Gasteiger partial charge is 0.357 e. The summed E-state index contributed by atoms with van der Waals surface area (Å²) >= 11 is 1.51. The molecule has 2 aromatic heterocycles. The number of nitrogens with one attached hydrogen (secondary N) is 2. The van der Waals surface area contributed by atoms with Gasteiger partial charge in [0.05, 0.1) is 6.20 Å². The second-order valence-electron chi connectivity index (χ2n) is 6.68. The number of piperazine rings is 1. The first-order valence-electron chi connectivity index (χ1n) is 9.80. The number of nitrogens with zero attached hydrogens (tertiary/aromatic N) is 6. The van der Waals surface area contributed by atoms with Crippen LogP contribution in [0, 0.1) is 6.92 Å². The molecule has 0 aliphatic carbocycles. The van der Waals surface area contributed by atoms with Crippen LogP contribution in [0.4, 0.5) is 5.13 Å². The molecule has 1 saturated heterocycles. The number of aryl methyl sites for hydroxylation is 3. The predicted octanol–water partition coefficient (Wildman–Crippen LogP) is 2.47. The molecule has 3 heterocycles. The highest BCUT2D eigenvalue weighted by Crippen LogP contribution is 2.19. The summed E-state index contributed by atoms with van der Waals surface area (Å²) < 4.78 is 4.40. The molecular formula is C18H31IN8S. The lowest BCUT2D eigenvalue weighted by atomic mass is 10.1. The van der Waals surface area contributed by atoms with E-state index in [4.69, 9.17) is 4.99 Å². The number of guanidine groups is 1. The summed E-state index contributed by atoms with van der Waals surface area (Å²) in [5.74, 6) is 1.97. The van der Waals surface area contributed by atoms with Gasteiger partial charge >= 0.3 is 0 Å². The van der Waals surface area contributed by atoms with Gasteiger partial charge in [-0.2, -0.15) is 9.47 Å². The van der Waals surface area contributed by atoms with Gasteiger partial charge in [-0.15, -0.1) is 24.0 Å². The van der Waals surface area contributed by atoms with Crippen molar-refractivity contribution in [2.45, 2.75) is 40.0 Å². The van der Waals surface area contributed by atoms with E-state index in [2.05, 4.69) is 55.4 Å². The smallest absolute Gasteiger partial charge is 0.205 e. The van der Waals surface area contributed by atoms with Gasteiger partial charge in [-0.3, -0.25) is 10.1 Å². The van der Waals surface area contributed by atoms with E-state index in [0.717, 1.165) is 81.1 Å². The molecule has 10 heteroatoms. The minimum atomic E-state index is 0. The SMILES string of the molecule is CCNC(=NCCCc1cn[nH]c1C)N1CCN(c2nc(CC)ns2)CC1.I. The zero-order chi connectivity index (χ0) is 19.1. The van der Waals surface area contributed by atoms with E-state index >= 15 is 0 Å². The van der Waals surface area contributed by atoms with Crippen LogP contribution in [0.5, 0.6) is 0 Å². The van der Waals surface area contributed by atoms with Crippen molar-refractivity contribution in [3.63, 3.8) is 0 Å². The third kappa shape index (κ3) is 6.03. The Labute approximate surface area is 188 Å². The molecule has 0 radical (unpaired) electrons. The fourth-order valence-corrected chi connectivity index (χ4v) is 3.94. The van der Waals surface area contributed by atoms with Gasteiger partial charge in [0, 0.05) is 62.9 Å². The first-order chi connectivity index (χ1) is 13.2. The molecule has 0 atom stereocenters. The van der Waals surface area contributed by atoms with Gasteiger partial charge in [0.25, 0.3) is 0 Å². The Hall–Kier alpha value is -1.43. The third-order valence-corrected chi connectivity index (χ3v) is 5.57. The fourth-order valence-electron chi connectivity index (χ4n) is 3.13. The summed E-state index contributed by atoms with van der Waals surface area (Å²) in [5.41, 5.74) is 2.44. The van der Waals surface area contributed by atoms with Crippen LogP contribution >= 0.6 is 35.5 Å². The first-order valence-corrected chi connectivity index (χ1v) is 10.6. The number of aliphatic imine (C=N–C) groups is 1. The van der Waals surface area contributed by atoms with Crippen molar-refractivity contribution in [2.24, 2.45) is 4.99 Å². The van der Waals surface area contributed by atoms with Crippen LogP contribution in [0.3, 0.4) is 0 Å². The average molecular weight is 518 g/mol. The quantitative estimate of drug-likeness (QED) is 0.254. The van der Waals surface area contributed by atoms with Gasteiger partial charge in [-0.1, -0.05) is 6.92 Å². The van der Waals surface area contributed by atoms with E-state index in [-0.39, 0.29) is 24.0 Å². The standard InChI is InChI=1S/C18H30N8S.HI/c1-4-16-22-18(27-24-16)26-11-9-25(10-12-26)17(19-5-2)20-8-6-7-15-13-21-23-14(15)3;/h13H,4-12H2,1-3H3,(H,19,20)(H,21,23);1H. The van der Waals surface area contributed by atoms with Gasteiger partial charge in [0.15, 0.2) is 5.96 Å². The summed E-state index contributed by atoms with van der Waals surface area (Å²) in [7, 11) is 0. The monoisotopic (exact) mass is 518 g/mol. The van der Waals surface area contributed by atoms with Crippen molar-refractivity contribution in [3.05, 3.63) is 23.3 Å². The zero-order valence-corrected chi connectivity index (χ0v) is 20.1. The van der Waals surface area contributed by atoms with Crippen molar-refractivity contribution in [3.8, 4) is 0 Å². The molecule has 0 aromatic carbocycles. The van der Waals surface area contributed by atoms with Crippen LogP contribution in [0.25, 0.3) is 0 Å². The molecule has 0 saturated carbocycles. The van der Waals surface area contributed by atoms with Gasteiger partial charge < -0.3 is 15.1 Å². The number of aromatic nitrogens is 4. The number of hydrogen-bond donors (Lipinski definition) is 2. The average Bonchev–Trinajstić information content (AvgIpc) is 3.33. The van der Waals surface area contributed by atoms with Crippen molar-refractivity contribution in [2.75, 3.05) is 44.2 Å². The van der Waals surface area contributed by atoms with Gasteiger partial charge in [0.2, 0.25) is 5.13 Å². The van der Waals surface area contributed by atoms with E-state index in [1.807, 2.05) is 6.20 Å². The number of H-pyrrole nitrogens is 1. The maximum Gasteiger partial charge on any atom is 0.205 e. The Morgan fingerprint density at radius 3 is 2.68 bits per heavy atom. The Bertz CT molecular complexity index is 736. The summed E-state index contributed by atoms with van der Waals surface area (Å²) in [6, 6.07) is 0. The lowest BCUT2D eigenvalue weighted by Crippen LogP contribution is -2.52. The highest BCUT2D eigenvalue weighted by Gasteiger charge is 2.21. The lowest BCUT2D eigenvalue weighted by molar-refractivity contribution is 0.372. The van der Waals surface area contributed by atoms with Crippen molar-refractivity contribution in [1.29, 1.82) is 0 Å². The predicted molar refractivity (Wildman–Crippen MR) is 126 cm³/mol. The highest BCUT2D eigenvalue weighted by molar-refractivity contribution is 14.0. The van der Waals surface area contributed by atoms with Gasteiger partial charge in [-0.25, -0.2) is 4.98 Å². The molecule has 0 amide bonds. The molecule has 2 N–H and O–H groups in total. The summed E-state index contributed by atoms with van der Waals surface area (Å²) in [6.45, 7) is 11.8. The topological polar surface area (TPSA) is 85.3 Å². The second kappa shape index (κ2) is 11.5. The molecule has 156 valence electrons. The second-order valence-corrected chi connectivity index (χ2v) is 7.41. The number of halogens is 1. The number of rotatable bonds is 7. The van der Waals surface area contributed by atoms with Gasteiger partial charge in [0.1, 0.15) is 5.82 Å². The van der Waals surface area contributed by atoms with Crippen LogP contribution in [0.15, 0.2) is 11.2 Å². The highest BCUT2D eigenvalue weighted by atomic mass is 127. The van der Waals surface area contributed by atoms with Crippen LogP contribution in [-0.2, 0) is 12.8 Å². The van der Waals surface area contributed by atoms with E-state index < -0.39 is 0 Å². The molecule has 0 bridgehead atoms. The fraction of sp³-hybridized carbons (Fsp3) is 0.667. The Morgan fingerprint density at radius 1 is 1.29 bits per heavy atom. The molecule has 1 fully saturated rings. The number of hydrogen-bond acceptors (Lipinski definition) is 6. The Balaban J connectivity index is 0.00000280. The normalized spacial score (nSPS) is 14.9. The third-order valence-electron chi connectivity index (χ3n) is 4.76. The molecule has 2 aromatic rings. The van der Waals surface area contributed by atoms with Crippen LogP contribution in [0.1, 0.15) is 37.4 Å². The van der Waals surface area contributed by atoms with Crippen LogP contribution < -0.4 is 10.2 Å². The van der Waals surface area contributed by atoms with Crippen molar-refractivity contribution >= 4 is 46.6 Å². The first kappa shape index (κ1) is 22.9. The lowest BCUT2D eigenvalue weighted by Gasteiger charge is -2.36. The van der Waals surface area contributed by atoms with E-state index in [9.17, 15) is 0 Å². The molecule has 3 rings (SSSR count). The minimum Gasteiger partial charge on any atom is -0.357 e. The zero-order valence-electron chi connectivity index (χ0n) is 16.9.